The maximum absolute atomic E-state index is 12.0. The van der Waals surface area contributed by atoms with E-state index in [2.05, 4.69) is 5.32 Å². The predicted octanol–water partition coefficient (Wildman–Crippen LogP) is 1.84. The van der Waals surface area contributed by atoms with E-state index in [0.29, 0.717) is 5.56 Å². The van der Waals surface area contributed by atoms with Gasteiger partial charge in [-0.1, -0.05) is 12.1 Å². The van der Waals surface area contributed by atoms with Gasteiger partial charge >= 0.3 is 5.97 Å². The van der Waals surface area contributed by atoms with Crippen LogP contribution in [0.15, 0.2) is 18.2 Å². The number of Topliss-reactive ketones (excluding diaryl/α,β-unsaturated/α-hetero) is 1. The van der Waals surface area contributed by atoms with Crippen molar-refractivity contribution in [1.29, 1.82) is 5.26 Å². The third-order valence-electron chi connectivity index (χ3n) is 3.31. The molecule has 0 aromatic heterocycles. The van der Waals surface area contributed by atoms with Crippen molar-refractivity contribution in [3.63, 3.8) is 0 Å². The monoisotopic (exact) mass is 316 g/mol. The average Bonchev–Trinajstić information content (AvgIpc) is 2.53. The number of nitrogens with one attached hydrogen (secondary N) is 1. The van der Waals surface area contributed by atoms with Crippen LogP contribution >= 0.6 is 0 Å². The zero-order valence-corrected chi connectivity index (χ0v) is 13.3. The number of nitriles is 1. The fourth-order valence-electron chi connectivity index (χ4n) is 1.80. The summed E-state index contributed by atoms with van der Waals surface area (Å²) < 4.78 is 4.78. The van der Waals surface area contributed by atoms with Gasteiger partial charge in [0, 0.05) is 18.5 Å². The highest BCUT2D eigenvalue weighted by Crippen LogP contribution is 2.12. The number of benzene rings is 1. The second kappa shape index (κ2) is 9.36. The number of carbonyl (C=O) groups excluding carboxylic acids is 3. The topological polar surface area (TPSA) is 96.3 Å². The Morgan fingerprint density at radius 2 is 1.91 bits per heavy atom. The number of esters is 1. The van der Waals surface area contributed by atoms with Gasteiger partial charge in [0.05, 0.1) is 18.9 Å². The minimum Gasteiger partial charge on any atom is -0.456 e. The first-order valence-corrected chi connectivity index (χ1v) is 7.33. The van der Waals surface area contributed by atoms with E-state index >= 15 is 0 Å². The number of hydrogen-bond acceptors (Lipinski definition) is 5. The maximum Gasteiger partial charge on any atom is 0.306 e. The minimum absolute atomic E-state index is 0.0391. The van der Waals surface area contributed by atoms with Crippen molar-refractivity contribution < 1.29 is 19.1 Å². The van der Waals surface area contributed by atoms with Gasteiger partial charge < -0.3 is 10.1 Å². The molecular formula is C17H20N2O4. The fourth-order valence-corrected chi connectivity index (χ4v) is 1.80. The van der Waals surface area contributed by atoms with E-state index < -0.39 is 18.5 Å². The van der Waals surface area contributed by atoms with Gasteiger partial charge in [0.15, 0.2) is 12.4 Å². The zero-order chi connectivity index (χ0) is 17.2. The smallest absolute Gasteiger partial charge is 0.306 e. The molecule has 0 saturated heterocycles. The normalized spacial score (nSPS) is 9.78. The number of aryl methyl sites for hydroxylation is 2. The molecule has 0 heterocycles. The molecule has 0 atom stereocenters. The zero-order valence-electron chi connectivity index (χ0n) is 13.3. The van der Waals surface area contributed by atoms with Crippen molar-refractivity contribution in [3.05, 3.63) is 34.9 Å². The third-order valence-corrected chi connectivity index (χ3v) is 3.31. The number of ketones is 1. The summed E-state index contributed by atoms with van der Waals surface area (Å²) in [4.78, 5) is 34.8. The summed E-state index contributed by atoms with van der Waals surface area (Å²) in [7, 11) is 0. The van der Waals surface area contributed by atoms with Gasteiger partial charge in [-0.2, -0.15) is 5.26 Å². The van der Waals surface area contributed by atoms with Crippen molar-refractivity contribution in [1.82, 2.24) is 5.32 Å². The first-order chi connectivity index (χ1) is 10.9. The molecule has 1 rings (SSSR count). The molecule has 0 unspecified atom stereocenters. The van der Waals surface area contributed by atoms with Crippen LogP contribution in [0.1, 0.15) is 40.7 Å². The van der Waals surface area contributed by atoms with Gasteiger partial charge in [0.2, 0.25) is 0 Å². The molecule has 1 aromatic carbocycles. The molecule has 6 nitrogen and oxygen atoms in total. The molecule has 23 heavy (non-hydrogen) atoms. The van der Waals surface area contributed by atoms with E-state index in [0.717, 1.165) is 11.1 Å². The highest BCUT2D eigenvalue weighted by molar-refractivity contribution is 5.97. The molecule has 0 aliphatic carbocycles. The van der Waals surface area contributed by atoms with Gasteiger partial charge in [-0.05, 0) is 31.0 Å². The highest BCUT2D eigenvalue weighted by Gasteiger charge is 2.12. The van der Waals surface area contributed by atoms with Gasteiger partial charge in [0.25, 0.3) is 5.91 Å². The van der Waals surface area contributed by atoms with E-state index in [1.165, 1.54) is 0 Å². The molecule has 0 aliphatic rings. The second-order valence-electron chi connectivity index (χ2n) is 5.14. The van der Waals surface area contributed by atoms with Crippen LogP contribution in [0.25, 0.3) is 0 Å². The third kappa shape index (κ3) is 6.74. The molecule has 0 saturated carbocycles. The molecule has 0 radical (unpaired) electrons. The summed E-state index contributed by atoms with van der Waals surface area (Å²) in [6, 6.07) is 7.28. The van der Waals surface area contributed by atoms with Crippen molar-refractivity contribution in [2.45, 2.75) is 33.1 Å². The first kappa shape index (κ1) is 18.4. The average molecular weight is 316 g/mol. The second-order valence-corrected chi connectivity index (χ2v) is 5.14. The number of hydrogen-bond donors (Lipinski definition) is 1. The molecule has 1 amide bonds. The van der Waals surface area contributed by atoms with Crippen molar-refractivity contribution in [2.75, 3.05) is 13.2 Å². The van der Waals surface area contributed by atoms with Crippen molar-refractivity contribution in [3.8, 4) is 6.07 Å². The van der Waals surface area contributed by atoms with Crippen LogP contribution in [0.4, 0.5) is 0 Å². The van der Waals surface area contributed by atoms with Crippen molar-refractivity contribution in [2.24, 2.45) is 0 Å². The summed E-state index contributed by atoms with van der Waals surface area (Å²) in [6.45, 7) is 3.70. The molecule has 6 heteroatoms. The van der Waals surface area contributed by atoms with E-state index in [1.807, 2.05) is 26.0 Å². The number of nitrogens with zero attached hydrogens (tertiary/aromatic N) is 1. The van der Waals surface area contributed by atoms with Gasteiger partial charge in [-0.25, -0.2) is 0 Å². The molecule has 0 spiro atoms. The van der Waals surface area contributed by atoms with Crippen LogP contribution in [0.2, 0.25) is 0 Å². The molecule has 0 fully saturated rings. The van der Waals surface area contributed by atoms with Crippen LogP contribution in [0.5, 0.6) is 0 Å². The fraction of sp³-hybridized carbons (Fsp3) is 0.412. The SMILES string of the molecule is Cc1ccc(C(=O)CCC(=O)OCC(=O)NCCC#N)cc1C. The molecule has 1 aromatic rings. The summed E-state index contributed by atoms with van der Waals surface area (Å²) in [5.74, 6) is -1.20. The lowest BCUT2D eigenvalue weighted by Crippen LogP contribution is -2.29. The van der Waals surface area contributed by atoms with E-state index in [-0.39, 0.29) is 31.6 Å². The molecule has 122 valence electrons. The number of ether oxygens (including phenoxy) is 1. The van der Waals surface area contributed by atoms with E-state index in [4.69, 9.17) is 10.00 Å². The maximum atomic E-state index is 12.0. The van der Waals surface area contributed by atoms with Gasteiger partial charge in [-0.15, -0.1) is 0 Å². The Morgan fingerprint density at radius 3 is 2.57 bits per heavy atom. The van der Waals surface area contributed by atoms with Gasteiger partial charge in [-0.3, -0.25) is 14.4 Å². The minimum atomic E-state index is -0.599. The Hall–Kier alpha value is -2.68. The Kier molecular flexibility index (Phi) is 7.48. The van der Waals surface area contributed by atoms with Crippen LogP contribution < -0.4 is 5.32 Å². The number of amides is 1. The highest BCUT2D eigenvalue weighted by atomic mass is 16.5. The largest absolute Gasteiger partial charge is 0.456 e. The van der Waals surface area contributed by atoms with Crippen LogP contribution in [-0.4, -0.2) is 30.8 Å². The molecule has 0 aliphatic heterocycles. The summed E-state index contributed by atoms with van der Waals surface area (Å²) >= 11 is 0. The number of carbonyl (C=O) groups is 3. The summed E-state index contributed by atoms with van der Waals surface area (Å²) in [5.41, 5.74) is 2.69. The lowest BCUT2D eigenvalue weighted by molar-refractivity contribution is -0.148. The Morgan fingerprint density at radius 1 is 1.17 bits per heavy atom. The van der Waals surface area contributed by atoms with E-state index in [1.54, 1.807) is 12.1 Å². The van der Waals surface area contributed by atoms with Crippen LogP contribution in [0, 0.1) is 25.2 Å². The molecule has 1 N–H and O–H groups in total. The standard InChI is InChI=1S/C17H20N2O4/c1-12-4-5-14(10-13(12)2)15(20)6-7-17(22)23-11-16(21)19-9-3-8-18/h4-5,10H,3,6-7,9,11H2,1-2H3,(H,19,21). The van der Waals surface area contributed by atoms with Gasteiger partial charge in [0.1, 0.15) is 0 Å². The Labute approximate surface area is 135 Å². The van der Waals surface area contributed by atoms with Crippen molar-refractivity contribution >= 4 is 17.7 Å². The first-order valence-electron chi connectivity index (χ1n) is 7.33. The predicted molar refractivity (Wildman–Crippen MR) is 83.7 cm³/mol. The summed E-state index contributed by atoms with van der Waals surface area (Å²) in [5, 5.41) is 10.8. The molecular weight excluding hydrogens is 296 g/mol. The quantitative estimate of drug-likeness (QED) is 0.448. The lowest BCUT2D eigenvalue weighted by atomic mass is 10.0. The summed E-state index contributed by atoms with van der Waals surface area (Å²) in [6.07, 6.45) is 0.165. The molecule has 0 bridgehead atoms. The Balaban J connectivity index is 2.32. The number of rotatable bonds is 8. The van der Waals surface area contributed by atoms with Crippen LogP contribution in [0.3, 0.4) is 0 Å². The lowest BCUT2D eigenvalue weighted by Gasteiger charge is -2.06. The Bertz CT molecular complexity index is 632. The van der Waals surface area contributed by atoms with E-state index in [9.17, 15) is 14.4 Å². The van der Waals surface area contributed by atoms with Crippen LogP contribution in [-0.2, 0) is 14.3 Å².